The van der Waals surface area contributed by atoms with Crippen LogP contribution < -0.4 is 5.73 Å². The van der Waals surface area contributed by atoms with Crippen molar-refractivity contribution in [3.8, 4) is 5.13 Å². The summed E-state index contributed by atoms with van der Waals surface area (Å²) >= 11 is 1.62. The van der Waals surface area contributed by atoms with E-state index < -0.39 is 0 Å². The van der Waals surface area contributed by atoms with Crippen LogP contribution in [-0.4, -0.2) is 14.8 Å². The summed E-state index contributed by atoms with van der Waals surface area (Å²) in [4.78, 5) is 4.56. The smallest absolute Gasteiger partial charge is 0.211 e. The lowest BCUT2D eigenvalue weighted by Crippen LogP contribution is -1.98. The average molecular weight is 244 g/mol. The summed E-state index contributed by atoms with van der Waals surface area (Å²) in [6.45, 7) is 3.87. The summed E-state index contributed by atoms with van der Waals surface area (Å²) in [7, 11) is 0. The van der Waals surface area contributed by atoms with E-state index in [1.807, 2.05) is 36.7 Å². The van der Waals surface area contributed by atoms with Gasteiger partial charge in [0.05, 0.1) is 27.3 Å². The van der Waals surface area contributed by atoms with Crippen molar-refractivity contribution in [2.45, 2.75) is 13.8 Å². The van der Waals surface area contributed by atoms with Gasteiger partial charge in [0.2, 0.25) is 5.13 Å². The van der Waals surface area contributed by atoms with E-state index in [-0.39, 0.29) is 0 Å². The molecule has 0 saturated carbocycles. The first-order valence-corrected chi connectivity index (χ1v) is 6.16. The number of nitrogens with zero attached hydrogens (tertiary/aromatic N) is 3. The fraction of sp³-hybridized carbons (Fsp3) is 0.167. The molecule has 0 aliphatic carbocycles. The third kappa shape index (κ3) is 1.51. The quantitative estimate of drug-likeness (QED) is 0.716. The Kier molecular flexibility index (Phi) is 2.16. The number of para-hydroxylation sites is 1. The molecule has 3 rings (SSSR count). The van der Waals surface area contributed by atoms with Crippen LogP contribution in [0.15, 0.2) is 24.3 Å². The molecule has 3 aromatic rings. The normalized spacial score (nSPS) is 11.2. The zero-order valence-corrected chi connectivity index (χ0v) is 10.5. The number of nitrogens with two attached hydrogens (primary N) is 1. The van der Waals surface area contributed by atoms with E-state index in [0.717, 1.165) is 32.4 Å². The fourth-order valence-electron chi connectivity index (χ4n) is 1.79. The van der Waals surface area contributed by atoms with E-state index in [9.17, 15) is 0 Å². The molecule has 4 nitrogen and oxygen atoms in total. The van der Waals surface area contributed by atoms with Crippen LogP contribution in [-0.2, 0) is 0 Å². The SMILES string of the molecule is Cc1nn(-c2nc3ccccc3s2)c(C)c1N. The molecule has 0 unspecified atom stereocenters. The molecule has 2 heterocycles. The second-order valence-electron chi connectivity index (χ2n) is 3.96. The Morgan fingerprint density at radius 3 is 2.65 bits per heavy atom. The predicted molar refractivity (Wildman–Crippen MR) is 70.6 cm³/mol. The van der Waals surface area contributed by atoms with Crippen LogP contribution in [0.4, 0.5) is 5.69 Å². The van der Waals surface area contributed by atoms with Crippen molar-refractivity contribution in [1.29, 1.82) is 0 Å². The van der Waals surface area contributed by atoms with Gasteiger partial charge in [-0.05, 0) is 26.0 Å². The second kappa shape index (κ2) is 3.56. The van der Waals surface area contributed by atoms with E-state index >= 15 is 0 Å². The van der Waals surface area contributed by atoms with Gasteiger partial charge in [-0.1, -0.05) is 23.5 Å². The number of rotatable bonds is 1. The van der Waals surface area contributed by atoms with Crippen molar-refractivity contribution in [2.24, 2.45) is 0 Å². The molecule has 0 aliphatic heterocycles. The minimum atomic E-state index is 0.740. The Bertz CT molecular complexity index is 663. The molecule has 0 spiro atoms. The van der Waals surface area contributed by atoms with Gasteiger partial charge in [-0.25, -0.2) is 9.67 Å². The van der Waals surface area contributed by atoms with Crippen LogP contribution in [0.5, 0.6) is 0 Å². The van der Waals surface area contributed by atoms with Crippen LogP contribution in [0.1, 0.15) is 11.4 Å². The van der Waals surface area contributed by atoms with Crippen LogP contribution in [0.3, 0.4) is 0 Å². The summed E-state index contributed by atoms with van der Waals surface area (Å²) in [5, 5.41) is 5.28. The molecular weight excluding hydrogens is 232 g/mol. The molecule has 2 aromatic heterocycles. The van der Waals surface area contributed by atoms with Crippen molar-refractivity contribution in [1.82, 2.24) is 14.8 Å². The highest BCUT2D eigenvalue weighted by atomic mass is 32.1. The zero-order chi connectivity index (χ0) is 12.0. The third-order valence-electron chi connectivity index (χ3n) is 2.81. The molecule has 0 bridgehead atoms. The predicted octanol–water partition coefficient (Wildman–Crippen LogP) is 2.68. The van der Waals surface area contributed by atoms with Gasteiger partial charge < -0.3 is 5.73 Å². The topological polar surface area (TPSA) is 56.7 Å². The number of aromatic nitrogens is 3. The molecule has 0 saturated heterocycles. The molecule has 0 radical (unpaired) electrons. The van der Waals surface area contributed by atoms with Gasteiger partial charge in [0.1, 0.15) is 0 Å². The van der Waals surface area contributed by atoms with E-state index in [4.69, 9.17) is 5.73 Å². The van der Waals surface area contributed by atoms with Crippen molar-refractivity contribution < 1.29 is 0 Å². The molecule has 0 fully saturated rings. The van der Waals surface area contributed by atoms with Crippen LogP contribution >= 0.6 is 11.3 Å². The second-order valence-corrected chi connectivity index (χ2v) is 4.97. The minimum absolute atomic E-state index is 0.740. The molecule has 2 N–H and O–H groups in total. The van der Waals surface area contributed by atoms with Crippen molar-refractivity contribution in [3.05, 3.63) is 35.7 Å². The van der Waals surface area contributed by atoms with Gasteiger partial charge in [0, 0.05) is 0 Å². The maximum Gasteiger partial charge on any atom is 0.211 e. The number of hydrogen-bond acceptors (Lipinski definition) is 4. The van der Waals surface area contributed by atoms with Gasteiger partial charge in [-0.3, -0.25) is 0 Å². The summed E-state index contributed by atoms with van der Waals surface area (Å²) in [5.74, 6) is 0. The van der Waals surface area contributed by atoms with Gasteiger partial charge in [0.25, 0.3) is 0 Å². The lowest BCUT2D eigenvalue weighted by Gasteiger charge is -1.97. The highest BCUT2D eigenvalue weighted by molar-refractivity contribution is 7.20. The summed E-state index contributed by atoms with van der Waals surface area (Å²) in [5.41, 5.74) is 9.46. The van der Waals surface area contributed by atoms with Crippen LogP contribution in [0.25, 0.3) is 15.3 Å². The molecular formula is C12H12N4S. The van der Waals surface area contributed by atoms with Gasteiger partial charge >= 0.3 is 0 Å². The lowest BCUT2D eigenvalue weighted by atomic mass is 10.3. The van der Waals surface area contributed by atoms with Crippen molar-refractivity contribution in [3.63, 3.8) is 0 Å². The number of aryl methyl sites for hydroxylation is 1. The number of thiazole rings is 1. The first-order valence-electron chi connectivity index (χ1n) is 5.34. The van der Waals surface area contributed by atoms with Gasteiger partial charge in [-0.15, -0.1) is 0 Å². The Balaban J connectivity index is 2.23. The molecule has 0 atom stereocenters. The molecule has 0 amide bonds. The third-order valence-corrected chi connectivity index (χ3v) is 3.82. The number of anilines is 1. The van der Waals surface area contributed by atoms with E-state index in [1.54, 1.807) is 11.3 Å². The Hall–Kier alpha value is -1.88. The summed E-state index contributed by atoms with van der Waals surface area (Å²) in [6.07, 6.45) is 0. The molecule has 0 aliphatic rings. The first kappa shape index (κ1) is 10.3. The summed E-state index contributed by atoms with van der Waals surface area (Å²) in [6, 6.07) is 8.07. The molecule has 5 heteroatoms. The maximum absolute atomic E-state index is 5.93. The van der Waals surface area contributed by atoms with Gasteiger partial charge in [0.15, 0.2) is 0 Å². The number of nitrogen functional groups attached to an aromatic ring is 1. The highest BCUT2D eigenvalue weighted by Crippen LogP contribution is 2.27. The largest absolute Gasteiger partial charge is 0.396 e. The number of benzene rings is 1. The van der Waals surface area contributed by atoms with E-state index in [0.29, 0.717) is 0 Å². The first-order chi connectivity index (χ1) is 8.16. The van der Waals surface area contributed by atoms with Crippen LogP contribution in [0.2, 0.25) is 0 Å². The summed E-state index contributed by atoms with van der Waals surface area (Å²) < 4.78 is 2.98. The van der Waals surface area contributed by atoms with E-state index in [2.05, 4.69) is 16.1 Å². The number of hydrogen-bond donors (Lipinski definition) is 1. The van der Waals surface area contributed by atoms with Crippen molar-refractivity contribution >= 4 is 27.2 Å². The molecule has 86 valence electrons. The van der Waals surface area contributed by atoms with Gasteiger partial charge in [-0.2, -0.15) is 5.10 Å². The zero-order valence-electron chi connectivity index (χ0n) is 9.64. The highest BCUT2D eigenvalue weighted by Gasteiger charge is 2.13. The standard InChI is InChI=1S/C12H12N4S/c1-7-11(13)8(2)16(15-7)12-14-9-5-3-4-6-10(9)17-12/h3-6H,13H2,1-2H3. The van der Waals surface area contributed by atoms with E-state index in [1.165, 1.54) is 0 Å². The van der Waals surface area contributed by atoms with Crippen molar-refractivity contribution in [2.75, 3.05) is 5.73 Å². The Morgan fingerprint density at radius 2 is 2.00 bits per heavy atom. The lowest BCUT2D eigenvalue weighted by molar-refractivity contribution is 0.828. The Labute approximate surface area is 103 Å². The number of fused-ring (bicyclic) bond motifs is 1. The minimum Gasteiger partial charge on any atom is -0.396 e. The Morgan fingerprint density at radius 1 is 1.24 bits per heavy atom. The average Bonchev–Trinajstić information content (AvgIpc) is 2.86. The van der Waals surface area contributed by atoms with Crippen LogP contribution in [0, 0.1) is 13.8 Å². The monoisotopic (exact) mass is 244 g/mol. The fourth-order valence-corrected chi connectivity index (χ4v) is 2.76. The molecule has 17 heavy (non-hydrogen) atoms. The maximum atomic E-state index is 5.93. The molecule has 1 aromatic carbocycles.